The molecule has 4 rings (SSSR count). The Morgan fingerprint density at radius 2 is 1.89 bits per heavy atom. The molecular weight excluding hydrogens is 506 g/mol. The lowest BCUT2D eigenvalue weighted by atomic mass is 9.74. The highest BCUT2D eigenvalue weighted by atomic mass is 19.2. The number of rotatable bonds is 10. The zero-order chi connectivity index (χ0) is 27.4. The maximum atomic E-state index is 14.7. The molecule has 1 aliphatic rings. The van der Waals surface area contributed by atoms with Crippen molar-refractivity contribution < 1.29 is 37.3 Å². The van der Waals surface area contributed by atoms with Crippen molar-refractivity contribution in [2.75, 3.05) is 38.6 Å². The first-order valence-electron chi connectivity index (χ1n) is 12.3. The number of carboxylic acid groups (broad SMARTS) is 1. The number of hydrogen-bond donors (Lipinski definition) is 3. The summed E-state index contributed by atoms with van der Waals surface area (Å²) in [6, 6.07) is 6.27. The van der Waals surface area contributed by atoms with E-state index in [2.05, 4.69) is 10.3 Å². The Morgan fingerprint density at radius 3 is 2.58 bits per heavy atom. The number of aliphatic hydroxyl groups excluding tert-OH is 1. The number of aromatic nitrogens is 1. The zero-order valence-corrected chi connectivity index (χ0v) is 20.8. The molecule has 3 aromatic rings. The normalized spacial score (nSPS) is 16.4. The van der Waals surface area contributed by atoms with Gasteiger partial charge in [0.1, 0.15) is 17.4 Å². The van der Waals surface area contributed by atoms with E-state index in [9.17, 15) is 32.6 Å². The number of likely N-dealkylation sites (tertiary alicyclic amines) is 1. The SMILES string of the molecule is COc1ccc2ncc(F)c([C@@H](O)CCC3(C(=O)O)CCN(CCNc4cc(F)cc(F)c4F)CC3)c2c1. The van der Waals surface area contributed by atoms with Crippen LogP contribution in [0.5, 0.6) is 5.75 Å². The first-order valence-corrected chi connectivity index (χ1v) is 12.3. The van der Waals surface area contributed by atoms with Gasteiger partial charge < -0.3 is 25.2 Å². The maximum absolute atomic E-state index is 14.7. The van der Waals surface area contributed by atoms with E-state index in [1.54, 1.807) is 18.2 Å². The van der Waals surface area contributed by atoms with E-state index in [1.807, 2.05) is 4.90 Å². The van der Waals surface area contributed by atoms with Crippen LogP contribution in [0.3, 0.4) is 0 Å². The summed E-state index contributed by atoms with van der Waals surface area (Å²) >= 11 is 0. The molecule has 38 heavy (non-hydrogen) atoms. The molecule has 1 aliphatic heterocycles. The van der Waals surface area contributed by atoms with E-state index < -0.39 is 40.8 Å². The first kappa shape index (κ1) is 27.6. The second kappa shape index (κ2) is 11.5. The van der Waals surface area contributed by atoms with Crippen molar-refractivity contribution in [2.45, 2.75) is 31.8 Å². The van der Waals surface area contributed by atoms with Gasteiger partial charge >= 0.3 is 5.97 Å². The average molecular weight is 536 g/mol. The number of aliphatic carboxylic acids is 1. The number of carbonyl (C=O) groups is 1. The number of methoxy groups -OCH3 is 1. The van der Waals surface area contributed by atoms with Gasteiger partial charge in [0.05, 0.1) is 36.0 Å². The highest BCUT2D eigenvalue weighted by molar-refractivity contribution is 5.84. The lowest BCUT2D eigenvalue weighted by Crippen LogP contribution is -2.45. The summed E-state index contributed by atoms with van der Waals surface area (Å²) in [5.41, 5.74) is -0.836. The lowest BCUT2D eigenvalue weighted by Gasteiger charge is -2.39. The molecule has 1 saturated heterocycles. The molecule has 0 unspecified atom stereocenters. The number of fused-ring (bicyclic) bond motifs is 1. The van der Waals surface area contributed by atoms with Crippen molar-refractivity contribution >= 4 is 22.6 Å². The van der Waals surface area contributed by atoms with E-state index in [4.69, 9.17) is 4.74 Å². The maximum Gasteiger partial charge on any atom is 0.309 e. The molecule has 0 spiro atoms. The summed E-state index contributed by atoms with van der Waals surface area (Å²) in [6.45, 7) is 1.46. The fourth-order valence-electron chi connectivity index (χ4n) is 5.00. The highest BCUT2D eigenvalue weighted by Gasteiger charge is 2.41. The molecule has 2 aromatic carbocycles. The Kier molecular flexibility index (Phi) is 8.37. The molecule has 1 fully saturated rings. The van der Waals surface area contributed by atoms with Crippen LogP contribution in [0.1, 0.15) is 37.4 Å². The quantitative estimate of drug-likeness (QED) is 0.251. The minimum atomic E-state index is -1.28. The van der Waals surface area contributed by atoms with E-state index in [0.29, 0.717) is 55.2 Å². The molecule has 0 saturated carbocycles. The number of benzene rings is 2. The Bertz CT molecular complexity index is 1320. The zero-order valence-electron chi connectivity index (χ0n) is 20.8. The predicted molar refractivity (Wildman–Crippen MR) is 133 cm³/mol. The molecule has 0 bridgehead atoms. The molecule has 0 radical (unpaired) electrons. The summed E-state index contributed by atoms with van der Waals surface area (Å²) in [7, 11) is 1.47. The number of ether oxygens (including phenoxy) is 1. The second-order valence-electron chi connectivity index (χ2n) is 9.56. The second-order valence-corrected chi connectivity index (χ2v) is 9.56. The minimum Gasteiger partial charge on any atom is -0.497 e. The van der Waals surface area contributed by atoms with Crippen LogP contribution in [0.2, 0.25) is 0 Å². The van der Waals surface area contributed by atoms with Crippen molar-refractivity contribution in [1.29, 1.82) is 0 Å². The number of anilines is 1. The van der Waals surface area contributed by atoms with Crippen LogP contribution >= 0.6 is 0 Å². The Balaban J connectivity index is 1.37. The summed E-state index contributed by atoms with van der Waals surface area (Å²) in [6.07, 6.45) is 0.558. The third-order valence-electron chi connectivity index (χ3n) is 7.30. The van der Waals surface area contributed by atoms with Gasteiger partial charge in [-0.1, -0.05) is 0 Å². The summed E-state index contributed by atoms with van der Waals surface area (Å²) in [5.74, 6) is -4.52. The van der Waals surface area contributed by atoms with Gasteiger partial charge in [0.2, 0.25) is 0 Å². The van der Waals surface area contributed by atoms with Gasteiger partial charge in [0.25, 0.3) is 0 Å². The van der Waals surface area contributed by atoms with Crippen LogP contribution in [-0.2, 0) is 4.79 Å². The summed E-state index contributed by atoms with van der Waals surface area (Å²) in [5, 5.41) is 24.0. The van der Waals surface area contributed by atoms with Crippen LogP contribution in [0.4, 0.5) is 23.2 Å². The van der Waals surface area contributed by atoms with Crippen molar-refractivity contribution in [3.8, 4) is 5.75 Å². The third-order valence-corrected chi connectivity index (χ3v) is 7.30. The van der Waals surface area contributed by atoms with Crippen molar-refractivity contribution in [2.24, 2.45) is 5.41 Å². The van der Waals surface area contributed by atoms with Crippen LogP contribution in [0.25, 0.3) is 10.9 Å². The topological polar surface area (TPSA) is 94.9 Å². The van der Waals surface area contributed by atoms with Gasteiger partial charge in [-0.15, -0.1) is 0 Å². The number of pyridine rings is 1. The Labute approximate surface area is 217 Å². The van der Waals surface area contributed by atoms with E-state index in [0.717, 1.165) is 12.3 Å². The molecule has 3 N–H and O–H groups in total. The van der Waals surface area contributed by atoms with E-state index in [1.165, 1.54) is 7.11 Å². The number of aliphatic hydroxyl groups is 1. The third kappa shape index (κ3) is 5.83. The molecule has 0 aliphatic carbocycles. The van der Waals surface area contributed by atoms with Crippen molar-refractivity contribution in [1.82, 2.24) is 9.88 Å². The number of nitrogens with zero attached hydrogens (tertiary/aromatic N) is 2. The smallest absolute Gasteiger partial charge is 0.309 e. The largest absolute Gasteiger partial charge is 0.497 e. The first-order chi connectivity index (χ1) is 18.1. The number of nitrogens with one attached hydrogen (secondary N) is 1. The molecule has 7 nitrogen and oxygen atoms in total. The Morgan fingerprint density at radius 1 is 1.16 bits per heavy atom. The number of piperidine rings is 1. The predicted octanol–water partition coefficient (Wildman–Crippen LogP) is 4.89. The molecule has 2 heterocycles. The fourth-order valence-corrected chi connectivity index (χ4v) is 5.00. The molecule has 11 heteroatoms. The van der Waals surface area contributed by atoms with Crippen LogP contribution in [0, 0.1) is 28.7 Å². The van der Waals surface area contributed by atoms with E-state index in [-0.39, 0.29) is 30.6 Å². The molecule has 1 atom stereocenters. The standard InChI is InChI=1S/C27H29F4N3O4/c1-38-17-2-3-21-18(14-17)24(20(30)15-33-21)23(35)4-5-27(26(36)37)6-9-34(10-7-27)11-8-32-22-13-16(28)12-19(29)25(22)31/h2-3,12-15,23,32,35H,4-11H2,1H3,(H,36,37)/t23-/m0/s1. The number of halogens is 4. The van der Waals surface area contributed by atoms with Gasteiger partial charge in [0.15, 0.2) is 11.6 Å². The lowest BCUT2D eigenvalue weighted by molar-refractivity contribution is -0.153. The fraction of sp³-hybridized carbons (Fsp3) is 0.407. The number of hydrogen-bond acceptors (Lipinski definition) is 6. The van der Waals surface area contributed by atoms with Crippen LogP contribution in [-0.4, -0.2) is 59.4 Å². The Hall–Kier alpha value is -3.44. The van der Waals surface area contributed by atoms with Gasteiger partial charge in [-0.25, -0.2) is 17.6 Å². The molecular formula is C27H29F4N3O4. The summed E-state index contributed by atoms with van der Waals surface area (Å²) < 4.78 is 60.5. The van der Waals surface area contributed by atoms with Gasteiger partial charge in [-0.2, -0.15) is 0 Å². The summed E-state index contributed by atoms with van der Waals surface area (Å²) in [4.78, 5) is 18.3. The van der Waals surface area contributed by atoms with Crippen molar-refractivity contribution in [3.05, 3.63) is 65.4 Å². The molecule has 1 aromatic heterocycles. The van der Waals surface area contributed by atoms with E-state index >= 15 is 0 Å². The highest BCUT2D eigenvalue weighted by Crippen LogP contribution is 2.40. The van der Waals surface area contributed by atoms with Crippen LogP contribution < -0.4 is 10.1 Å². The van der Waals surface area contributed by atoms with Crippen LogP contribution in [0.15, 0.2) is 36.5 Å². The minimum absolute atomic E-state index is 0.0332. The van der Waals surface area contributed by atoms with Gasteiger partial charge in [-0.05, 0) is 57.0 Å². The monoisotopic (exact) mass is 535 g/mol. The molecule has 0 amide bonds. The van der Waals surface area contributed by atoms with Crippen molar-refractivity contribution in [3.63, 3.8) is 0 Å². The average Bonchev–Trinajstić information content (AvgIpc) is 2.90. The number of carboxylic acids is 1. The van der Waals surface area contributed by atoms with Gasteiger partial charge in [0, 0.05) is 36.2 Å². The van der Waals surface area contributed by atoms with Gasteiger partial charge in [-0.3, -0.25) is 9.78 Å². The molecule has 204 valence electrons.